The third-order valence-corrected chi connectivity index (χ3v) is 4.97. The molecule has 31 heavy (non-hydrogen) atoms. The molecule has 0 radical (unpaired) electrons. The number of hydrogen-bond acceptors (Lipinski definition) is 4. The highest BCUT2D eigenvalue weighted by Crippen LogP contribution is 2.28. The Labute approximate surface area is 175 Å². The van der Waals surface area contributed by atoms with Crippen LogP contribution < -0.4 is 10.1 Å². The summed E-state index contributed by atoms with van der Waals surface area (Å²) in [7, 11) is 1.45. The molecule has 158 valence electrons. The highest BCUT2D eigenvalue weighted by atomic mass is 19.1. The summed E-state index contributed by atoms with van der Waals surface area (Å²) in [6.07, 6.45) is 3.12. The molecule has 4 rings (SSSR count). The molecular formula is C23H18F3N3O2. The zero-order chi connectivity index (χ0) is 22.0. The summed E-state index contributed by atoms with van der Waals surface area (Å²) in [6, 6.07) is 10.1. The summed E-state index contributed by atoms with van der Waals surface area (Å²) in [6.45, 7) is 0.200. The van der Waals surface area contributed by atoms with Crippen LogP contribution in [0.5, 0.6) is 5.75 Å². The van der Waals surface area contributed by atoms with Crippen molar-refractivity contribution in [3.8, 4) is 5.75 Å². The monoisotopic (exact) mass is 425 g/mol. The Morgan fingerprint density at radius 1 is 1.13 bits per heavy atom. The van der Waals surface area contributed by atoms with E-state index < -0.39 is 23.0 Å². The van der Waals surface area contributed by atoms with Crippen molar-refractivity contribution >= 4 is 22.5 Å². The number of nitrogens with one attached hydrogen (secondary N) is 2. The number of hydrogen-bond donors (Lipinski definition) is 2. The van der Waals surface area contributed by atoms with Gasteiger partial charge in [-0.3, -0.25) is 4.79 Å². The van der Waals surface area contributed by atoms with Gasteiger partial charge < -0.3 is 15.0 Å². The number of aromatic nitrogens is 2. The van der Waals surface area contributed by atoms with E-state index in [9.17, 15) is 13.6 Å². The predicted molar refractivity (Wildman–Crippen MR) is 111 cm³/mol. The Morgan fingerprint density at radius 2 is 1.94 bits per heavy atom. The molecule has 0 fully saturated rings. The van der Waals surface area contributed by atoms with Gasteiger partial charge in [0.15, 0.2) is 5.82 Å². The maximum Gasteiger partial charge on any atom is 0.201 e. The lowest BCUT2D eigenvalue weighted by molar-refractivity contribution is 0.103. The number of benzene rings is 2. The molecular weight excluding hydrogens is 407 g/mol. The van der Waals surface area contributed by atoms with Crippen molar-refractivity contribution in [1.82, 2.24) is 9.97 Å². The van der Waals surface area contributed by atoms with Crippen LogP contribution in [0.3, 0.4) is 0 Å². The molecule has 0 aliphatic heterocycles. The number of pyridine rings is 1. The molecule has 2 N–H and O–H groups in total. The fourth-order valence-corrected chi connectivity index (χ4v) is 3.35. The van der Waals surface area contributed by atoms with Crippen LogP contribution in [0.25, 0.3) is 11.0 Å². The van der Waals surface area contributed by atoms with E-state index in [2.05, 4.69) is 15.3 Å². The number of anilines is 1. The van der Waals surface area contributed by atoms with Crippen LogP contribution in [0.4, 0.5) is 18.9 Å². The minimum atomic E-state index is -1.01. The number of fused-ring (bicyclic) bond motifs is 1. The molecule has 0 aliphatic carbocycles. The largest absolute Gasteiger partial charge is 0.495 e. The van der Waals surface area contributed by atoms with Gasteiger partial charge in [0.25, 0.3) is 0 Å². The molecule has 0 saturated heterocycles. The first-order valence-electron chi connectivity index (χ1n) is 9.50. The van der Waals surface area contributed by atoms with Gasteiger partial charge in [-0.1, -0.05) is 18.2 Å². The van der Waals surface area contributed by atoms with Crippen LogP contribution in [0.15, 0.2) is 54.9 Å². The summed E-state index contributed by atoms with van der Waals surface area (Å²) < 4.78 is 48.4. The number of ether oxygens (including phenoxy) is 1. The van der Waals surface area contributed by atoms with Crippen LogP contribution in [-0.2, 0) is 6.42 Å². The van der Waals surface area contributed by atoms with Gasteiger partial charge in [-0.2, -0.15) is 0 Å². The summed E-state index contributed by atoms with van der Waals surface area (Å²) in [4.78, 5) is 20.0. The van der Waals surface area contributed by atoms with E-state index in [0.717, 1.165) is 6.07 Å². The maximum absolute atomic E-state index is 15.1. The minimum absolute atomic E-state index is 0.0448. The molecule has 0 atom stereocenters. The Morgan fingerprint density at radius 3 is 2.71 bits per heavy atom. The first kappa shape index (κ1) is 20.5. The van der Waals surface area contributed by atoms with E-state index in [0.29, 0.717) is 28.8 Å². The number of nitrogens with zero attached hydrogens (tertiary/aromatic N) is 1. The van der Waals surface area contributed by atoms with Crippen molar-refractivity contribution in [2.45, 2.75) is 6.42 Å². The summed E-state index contributed by atoms with van der Waals surface area (Å²) in [5.74, 6) is -2.76. The highest BCUT2D eigenvalue weighted by molar-refractivity contribution is 6.16. The van der Waals surface area contributed by atoms with Crippen molar-refractivity contribution < 1.29 is 22.7 Å². The molecule has 0 aliphatic rings. The Hall–Kier alpha value is -3.81. The molecule has 2 aromatic carbocycles. The second-order valence-corrected chi connectivity index (χ2v) is 6.85. The first-order valence-corrected chi connectivity index (χ1v) is 9.50. The van der Waals surface area contributed by atoms with Gasteiger partial charge in [-0.05, 0) is 36.2 Å². The van der Waals surface area contributed by atoms with Crippen LogP contribution in [0.1, 0.15) is 21.5 Å². The zero-order valence-electron chi connectivity index (χ0n) is 16.5. The standard InChI is InChI=1S/C23H18F3N3O2/c1-31-14-10-15-16(12-29-23(15)28-11-14)22(30)20-18(25)6-7-19(21(20)26)27-9-8-13-4-2-3-5-17(13)24/h2-7,10-12,27H,8-9H2,1H3,(H,28,29). The third-order valence-electron chi connectivity index (χ3n) is 4.97. The van der Waals surface area contributed by atoms with Crippen molar-refractivity contribution in [3.63, 3.8) is 0 Å². The minimum Gasteiger partial charge on any atom is -0.495 e. The predicted octanol–water partition coefficient (Wildman–Crippen LogP) is 4.87. The van der Waals surface area contributed by atoms with Crippen LogP contribution in [-0.4, -0.2) is 29.4 Å². The topological polar surface area (TPSA) is 67.0 Å². The first-order chi connectivity index (χ1) is 15.0. The van der Waals surface area contributed by atoms with Gasteiger partial charge in [0.1, 0.15) is 23.0 Å². The molecule has 5 nitrogen and oxygen atoms in total. The van der Waals surface area contributed by atoms with Crippen LogP contribution in [0, 0.1) is 17.5 Å². The van der Waals surface area contributed by atoms with Crippen molar-refractivity contribution in [2.24, 2.45) is 0 Å². The number of carbonyl (C=O) groups is 1. The molecule has 2 heterocycles. The Kier molecular flexibility index (Phi) is 5.62. The van der Waals surface area contributed by atoms with Gasteiger partial charge in [-0.25, -0.2) is 18.2 Å². The van der Waals surface area contributed by atoms with Gasteiger partial charge in [0.2, 0.25) is 5.78 Å². The second-order valence-electron chi connectivity index (χ2n) is 6.85. The van der Waals surface area contributed by atoms with Crippen molar-refractivity contribution in [2.75, 3.05) is 19.0 Å². The number of rotatable bonds is 7. The van der Waals surface area contributed by atoms with E-state index in [1.807, 2.05) is 0 Å². The summed E-state index contributed by atoms with van der Waals surface area (Å²) in [5.41, 5.74) is 0.206. The molecule has 0 unspecified atom stereocenters. The van der Waals surface area contributed by atoms with Gasteiger partial charge in [0, 0.05) is 23.7 Å². The third kappa shape index (κ3) is 3.96. The number of methoxy groups -OCH3 is 1. The fraction of sp³-hybridized carbons (Fsp3) is 0.130. The number of H-pyrrole nitrogens is 1. The molecule has 0 amide bonds. The maximum atomic E-state index is 15.1. The summed E-state index contributed by atoms with van der Waals surface area (Å²) in [5, 5.41) is 3.20. The quantitative estimate of drug-likeness (QED) is 0.415. The second kappa shape index (κ2) is 8.51. The molecule has 0 spiro atoms. The van der Waals surface area contributed by atoms with Gasteiger partial charge in [0.05, 0.1) is 24.6 Å². The molecule has 2 aromatic heterocycles. The SMILES string of the molecule is COc1cnc2[nH]cc(C(=O)c3c(F)ccc(NCCc4ccccc4F)c3F)c2c1. The average Bonchev–Trinajstić information content (AvgIpc) is 3.19. The van der Waals surface area contributed by atoms with E-state index >= 15 is 4.39 Å². The van der Waals surface area contributed by atoms with Gasteiger partial charge >= 0.3 is 0 Å². The van der Waals surface area contributed by atoms with Crippen molar-refractivity contribution in [1.29, 1.82) is 0 Å². The normalized spacial score (nSPS) is 11.0. The van der Waals surface area contributed by atoms with Crippen molar-refractivity contribution in [3.05, 3.63) is 89.0 Å². The fourth-order valence-electron chi connectivity index (χ4n) is 3.35. The van der Waals surface area contributed by atoms with Crippen LogP contribution in [0.2, 0.25) is 0 Å². The lowest BCUT2D eigenvalue weighted by Gasteiger charge is -2.11. The number of aromatic amines is 1. The smallest absolute Gasteiger partial charge is 0.201 e. The number of ketones is 1. The number of carbonyl (C=O) groups excluding carboxylic acids is 1. The summed E-state index contributed by atoms with van der Waals surface area (Å²) >= 11 is 0. The van der Waals surface area contributed by atoms with Crippen LogP contribution >= 0.6 is 0 Å². The van der Waals surface area contributed by atoms with E-state index in [1.165, 1.54) is 31.6 Å². The molecule has 8 heteroatoms. The molecule has 4 aromatic rings. The molecule has 0 bridgehead atoms. The number of halogens is 3. The zero-order valence-corrected chi connectivity index (χ0v) is 16.5. The highest BCUT2D eigenvalue weighted by Gasteiger charge is 2.24. The van der Waals surface area contributed by atoms with Gasteiger partial charge in [-0.15, -0.1) is 0 Å². The lowest BCUT2D eigenvalue weighted by atomic mass is 10.0. The van der Waals surface area contributed by atoms with E-state index in [4.69, 9.17) is 4.74 Å². The van der Waals surface area contributed by atoms with E-state index in [1.54, 1.807) is 24.3 Å². The molecule has 0 saturated carbocycles. The average molecular weight is 425 g/mol. The lowest BCUT2D eigenvalue weighted by Crippen LogP contribution is -2.12. The Bertz CT molecular complexity index is 1270. The van der Waals surface area contributed by atoms with E-state index in [-0.39, 0.29) is 23.6 Å². The Balaban J connectivity index is 1.62.